The lowest BCUT2D eigenvalue weighted by atomic mass is 9.99. The van der Waals surface area contributed by atoms with Crippen LogP contribution in [-0.4, -0.2) is 18.0 Å². The Morgan fingerprint density at radius 2 is 2.12 bits per heavy atom. The summed E-state index contributed by atoms with van der Waals surface area (Å²) in [6.07, 6.45) is 0.636. The van der Waals surface area contributed by atoms with Crippen molar-refractivity contribution < 1.29 is 14.5 Å². The first kappa shape index (κ1) is 12.2. The summed E-state index contributed by atoms with van der Waals surface area (Å²) in [5.74, 6) is -0.545. The Hall–Kier alpha value is -1.91. The van der Waals surface area contributed by atoms with Gasteiger partial charge < -0.3 is 4.74 Å². The second kappa shape index (κ2) is 4.74. The van der Waals surface area contributed by atoms with Crippen LogP contribution in [0.25, 0.3) is 0 Å². The predicted octanol–water partition coefficient (Wildman–Crippen LogP) is 2.25. The largest absolute Gasteiger partial charge is 0.465 e. The fourth-order valence-corrected chi connectivity index (χ4v) is 1.55. The topological polar surface area (TPSA) is 69.4 Å². The average Bonchev–Trinajstić information content (AvgIpc) is 2.28. The Bertz CT molecular complexity index is 440. The monoisotopic (exact) mass is 223 g/mol. The molecule has 0 amide bonds. The fraction of sp³-hybridized carbons (Fsp3) is 0.364. The summed E-state index contributed by atoms with van der Waals surface area (Å²) in [4.78, 5) is 21.6. The number of hydrogen-bond acceptors (Lipinski definition) is 4. The maximum atomic E-state index is 11.4. The van der Waals surface area contributed by atoms with Crippen LogP contribution in [0.4, 0.5) is 5.69 Å². The molecule has 0 fully saturated rings. The summed E-state index contributed by atoms with van der Waals surface area (Å²) in [5.41, 5.74) is 1.70. The van der Waals surface area contributed by atoms with Crippen molar-refractivity contribution in [1.82, 2.24) is 0 Å². The number of aryl methyl sites for hydroxylation is 1. The van der Waals surface area contributed by atoms with Crippen LogP contribution < -0.4 is 0 Å². The molecule has 0 bridgehead atoms. The van der Waals surface area contributed by atoms with Crippen molar-refractivity contribution in [2.75, 3.05) is 7.11 Å². The second-order valence-corrected chi connectivity index (χ2v) is 3.38. The number of nitrogens with zero attached hydrogens (tertiary/aromatic N) is 1. The van der Waals surface area contributed by atoms with E-state index in [1.807, 2.05) is 6.92 Å². The zero-order chi connectivity index (χ0) is 12.3. The number of carbonyl (C=O) groups is 1. The van der Waals surface area contributed by atoms with Crippen molar-refractivity contribution >= 4 is 11.7 Å². The Kier molecular flexibility index (Phi) is 3.60. The molecule has 16 heavy (non-hydrogen) atoms. The molecule has 86 valence electrons. The minimum Gasteiger partial charge on any atom is -0.465 e. The summed E-state index contributed by atoms with van der Waals surface area (Å²) in [6, 6.07) is 2.74. The van der Waals surface area contributed by atoms with Crippen molar-refractivity contribution in [3.05, 3.63) is 38.9 Å². The lowest BCUT2D eigenvalue weighted by Gasteiger charge is -2.08. The van der Waals surface area contributed by atoms with Gasteiger partial charge in [0.05, 0.1) is 17.6 Å². The third kappa shape index (κ3) is 2.18. The van der Waals surface area contributed by atoms with E-state index < -0.39 is 10.9 Å². The minimum absolute atomic E-state index is 0.0807. The number of ether oxygens (including phenoxy) is 1. The molecular weight excluding hydrogens is 210 g/mol. The highest BCUT2D eigenvalue weighted by Gasteiger charge is 2.18. The molecule has 0 aliphatic rings. The number of benzene rings is 1. The maximum Gasteiger partial charge on any atom is 0.338 e. The molecule has 0 saturated heterocycles. The van der Waals surface area contributed by atoms with Gasteiger partial charge in [0.1, 0.15) is 0 Å². The molecule has 0 spiro atoms. The molecule has 5 heteroatoms. The molecule has 5 nitrogen and oxygen atoms in total. The van der Waals surface area contributed by atoms with E-state index in [4.69, 9.17) is 0 Å². The lowest BCUT2D eigenvalue weighted by Crippen LogP contribution is -2.07. The number of esters is 1. The van der Waals surface area contributed by atoms with E-state index in [0.29, 0.717) is 6.42 Å². The fourth-order valence-electron chi connectivity index (χ4n) is 1.55. The van der Waals surface area contributed by atoms with E-state index >= 15 is 0 Å². The molecule has 0 radical (unpaired) electrons. The van der Waals surface area contributed by atoms with Gasteiger partial charge in [-0.05, 0) is 24.5 Å². The predicted molar refractivity (Wildman–Crippen MR) is 58.6 cm³/mol. The smallest absolute Gasteiger partial charge is 0.338 e. The molecule has 0 aromatic heterocycles. The van der Waals surface area contributed by atoms with E-state index in [0.717, 1.165) is 11.1 Å². The normalized spacial score (nSPS) is 9.94. The van der Waals surface area contributed by atoms with Gasteiger partial charge >= 0.3 is 5.97 Å². The van der Waals surface area contributed by atoms with Crippen molar-refractivity contribution in [3.8, 4) is 0 Å². The third-order valence-electron chi connectivity index (χ3n) is 2.50. The van der Waals surface area contributed by atoms with Crippen molar-refractivity contribution in [3.63, 3.8) is 0 Å². The third-order valence-corrected chi connectivity index (χ3v) is 2.50. The first-order valence-electron chi connectivity index (χ1n) is 4.87. The van der Waals surface area contributed by atoms with Crippen LogP contribution in [0.3, 0.4) is 0 Å². The Balaban J connectivity index is 3.41. The van der Waals surface area contributed by atoms with Crippen molar-refractivity contribution in [1.29, 1.82) is 0 Å². The van der Waals surface area contributed by atoms with Crippen molar-refractivity contribution in [2.45, 2.75) is 20.3 Å². The van der Waals surface area contributed by atoms with Gasteiger partial charge in [-0.25, -0.2) is 4.79 Å². The highest BCUT2D eigenvalue weighted by atomic mass is 16.6. The van der Waals surface area contributed by atoms with E-state index in [9.17, 15) is 14.9 Å². The van der Waals surface area contributed by atoms with Crippen LogP contribution in [0.1, 0.15) is 28.4 Å². The SMILES string of the molecule is CCc1cc([N+](=O)[O-])cc(C(=O)OC)c1C. The van der Waals surface area contributed by atoms with E-state index in [1.165, 1.54) is 19.2 Å². The summed E-state index contributed by atoms with van der Waals surface area (Å²) >= 11 is 0. The van der Waals surface area contributed by atoms with Crippen molar-refractivity contribution in [2.24, 2.45) is 0 Å². The summed E-state index contributed by atoms with van der Waals surface area (Å²) in [7, 11) is 1.26. The number of nitro benzene ring substituents is 1. The Labute approximate surface area is 93.2 Å². The highest BCUT2D eigenvalue weighted by molar-refractivity contribution is 5.92. The highest BCUT2D eigenvalue weighted by Crippen LogP contribution is 2.23. The number of carbonyl (C=O) groups excluding carboxylic acids is 1. The molecule has 1 aromatic rings. The van der Waals surface area contributed by atoms with Gasteiger partial charge in [0, 0.05) is 12.1 Å². The van der Waals surface area contributed by atoms with Gasteiger partial charge in [-0.15, -0.1) is 0 Å². The van der Waals surface area contributed by atoms with E-state index in [1.54, 1.807) is 6.92 Å². The minimum atomic E-state index is -0.545. The zero-order valence-corrected chi connectivity index (χ0v) is 9.44. The lowest BCUT2D eigenvalue weighted by molar-refractivity contribution is -0.385. The van der Waals surface area contributed by atoms with Gasteiger partial charge in [-0.2, -0.15) is 0 Å². The van der Waals surface area contributed by atoms with E-state index in [-0.39, 0.29) is 11.3 Å². The first-order chi connectivity index (χ1) is 7.51. The Morgan fingerprint density at radius 3 is 2.56 bits per heavy atom. The molecule has 1 rings (SSSR count). The summed E-state index contributed by atoms with van der Waals surface area (Å²) < 4.78 is 4.59. The van der Waals surface area contributed by atoms with E-state index in [2.05, 4.69) is 4.74 Å². The number of methoxy groups -OCH3 is 1. The molecule has 0 saturated carbocycles. The molecule has 0 atom stereocenters. The molecule has 0 N–H and O–H groups in total. The first-order valence-corrected chi connectivity index (χ1v) is 4.87. The average molecular weight is 223 g/mol. The standard InChI is InChI=1S/C11H13NO4/c1-4-8-5-9(12(14)15)6-10(7(8)2)11(13)16-3/h5-6H,4H2,1-3H3. The number of nitro groups is 1. The molecule has 0 heterocycles. The van der Waals surface area contributed by atoms with Crippen LogP contribution in [0.15, 0.2) is 12.1 Å². The molecule has 0 aliphatic carbocycles. The summed E-state index contributed by atoms with van der Waals surface area (Å²) in [5, 5.41) is 10.7. The second-order valence-electron chi connectivity index (χ2n) is 3.38. The van der Waals surface area contributed by atoms with Crippen LogP contribution in [-0.2, 0) is 11.2 Å². The summed E-state index contributed by atoms with van der Waals surface area (Å²) in [6.45, 7) is 3.64. The number of non-ortho nitro benzene ring substituents is 1. The van der Waals surface area contributed by atoms with Gasteiger partial charge in [0.2, 0.25) is 0 Å². The Morgan fingerprint density at radius 1 is 1.50 bits per heavy atom. The molecule has 0 unspecified atom stereocenters. The molecular formula is C11H13NO4. The molecule has 1 aromatic carbocycles. The van der Waals surface area contributed by atoms with Gasteiger partial charge in [0.25, 0.3) is 5.69 Å². The number of hydrogen-bond donors (Lipinski definition) is 0. The van der Waals surface area contributed by atoms with Gasteiger partial charge in [-0.3, -0.25) is 10.1 Å². The number of rotatable bonds is 3. The molecule has 0 aliphatic heterocycles. The van der Waals surface area contributed by atoms with Crippen LogP contribution in [0.2, 0.25) is 0 Å². The quantitative estimate of drug-likeness (QED) is 0.447. The van der Waals surface area contributed by atoms with Crippen LogP contribution in [0.5, 0.6) is 0 Å². The zero-order valence-electron chi connectivity index (χ0n) is 9.44. The maximum absolute atomic E-state index is 11.4. The van der Waals surface area contributed by atoms with Gasteiger partial charge in [-0.1, -0.05) is 6.92 Å². The van der Waals surface area contributed by atoms with Crippen LogP contribution >= 0.6 is 0 Å². The van der Waals surface area contributed by atoms with Crippen LogP contribution in [0, 0.1) is 17.0 Å². The van der Waals surface area contributed by atoms with Gasteiger partial charge in [0.15, 0.2) is 0 Å².